The van der Waals surface area contributed by atoms with Gasteiger partial charge in [-0.2, -0.15) is 0 Å². The molecule has 0 atom stereocenters. The Bertz CT molecular complexity index is 290. The van der Waals surface area contributed by atoms with Gasteiger partial charge >= 0.3 is 0 Å². The van der Waals surface area contributed by atoms with Gasteiger partial charge in [-0.15, -0.1) is 0 Å². The quantitative estimate of drug-likeness (QED) is 0.379. The predicted molar refractivity (Wildman–Crippen MR) is 48.2 cm³/mol. The summed E-state index contributed by atoms with van der Waals surface area (Å²) in [4.78, 5) is 25.9. The first-order valence-corrected chi connectivity index (χ1v) is 4.20. The van der Waals surface area contributed by atoms with Gasteiger partial charge in [-0.1, -0.05) is 5.11 Å². The van der Waals surface area contributed by atoms with E-state index in [4.69, 9.17) is 5.53 Å². The van der Waals surface area contributed by atoms with Crippen molar-refractivity contribution < 1.29 is 9.59 Å². The molecule has 0 unspecified atom stereocenters. The molecule has 2 amide bonds. The third-order valence-electron chi connectivity index (χ3n) is 1.92. The Morgan fingerprint density at radius 2 is 2.29 bits per heavy atom. The highest BCUT2D eigenvalue weighted by atomic mass is 16.2. The van der Waals surface area contributed by atoms with Crippen LogP contribution in [-0.4, -0.2) is 42.4 Å². The summed E-state index contributed by atoms with van der Waals surface area (Å²) in [6.07, 6.45) is 0. The zero-order valence-electron chi connectivity index (χ0n) is 7.80. The number of likely N-dealkylation sites (tertiary alicyclic amines) is 1. The van der Waals surface area contributed by atoms with Crippen LogP contribution in [-0.2, 0) is 9.59 Å². The lowest BCUT2D eigenvalue weighted by molar-refractivity contribution is -0.136. The lowest BCUT2D eigenvalue weighted by Gasteiger charge is -2.36. The number of amides is 2. The smallest absolute Gasteiger partial charge is 0.241 e. The van der Waals surface area contributed by atoms with Crippen LogP contribution < -0.4 is 5.32 Å². The Balaban J connectivity index is 2.22. The first-order valence-electron chi connectivity index (χ1n) is 4.20. The van der Waals surface area contributed by atoms with Crippen LogP contribution in [0.1, 0.15) is 6.92 Å². The molecule has 0 radical (unpaired) electrons. The van der Waals surface area contributed by atoms with E-state index in [0.717, 1.165) is 0 Å². The fourth-order valence-corrected chi connectivity index (χ4v) is 1.12. The Morgan fingerprint density at radius 1 is 1.64 bits per heavy atom. The Kier molecular flexibility index (Phi) is 3.30. The molecule has 0 spiro atoms. The molecule has 14 heavy (non-hydrogen) atoms. The summed E-state index contributed by atoms with van der Waals surface area (Å²) < 4.78 is 0. The van der Waals surface area contributed by atoms with Crippen molar-refractivity contribution in [2.75, 3.05) is 19.6 Å². The minimum atomic E-state index is -0.231. The van der Waals surface area contributed by atoms with E-state index in [0.29, 0.717) is 13.1 Å². The Morgan fingerprint density at radius 3 is 2.79 bits per heavy atom. The standard InChI is InChI=1S/C7H11N5O2/c1-5(13)9-2-7(14)12-3-6(4-12)10-11-8/h6H,2-4H2,1H3,(H,9,13). The molecule has 1 aliphatic rings. The maximum absolute atomic E-state index is 11.3. The van der Waals surface area contributed by atoms with Crippen molar-refractivity contribution in [3.05, 3.63) is 10.4 Å². The summed E-state index contributed by atoms with van der Waals surface area (Å²) in [5.41, 5.74) is 8.10. The predicted octanol–water partition coefficient (Wildman–Crippen LogP) is -0.356. The molecule has 0 saturated carbocycles. The highest BCUT2D eigenvalue weighted by molar-refractivity contribution is 5.84. The molecule has 1 heterocycles. The van der Waals surface area contributed by atoms with Crippen molar-refractivity contribution in [1.82, 2.24) is 10.2 Å². The van der Waals surface area contributed by atoms with Crippen molar-refractivity contribution in [2.24, 2.45) is 5.11 Å². The first-order chi connectivity index (χ1) is 6.63. The fraction of sp³-hybridized carbons (Fsp3) is 0.714. The van der Waals surface area contributed by atoms with Gasteiger partial charge in [-0.05, 0) is 5.53 Å². The van der Waals surface area contributed by atoms with E-state index in [1.54, 1.807) is 0 Å². The van der Waals surface area contributed by atoms with Gasteiger partial charge in [0, 0.05) is 24.9 Å². The summed E-state index contributed by atoms with van der Waals surface area (Å²) in [5, 5.41) is 5.86. The summed E-state index contributed by atoms with van der Waals surface area (Å²) in [6.45, 7) is 2.26. The molecule has 0 aromatic carbocycles. The zero-order valence-corrected chi connectivity index (χ0v) is 7.80. The van der Waals surface area contributed by atoms with Gasteiger partial charge in [0.2, 0.25) is 11.8 Å². The van der Waals surface area contributed by atoms with E-state index in [1.807, 2.05) is 0 Å². The van der Waals surface area contributed by atoms with Gasteiger partial charge < -0.3 is 10.2 Å². The van der Waals surface area contributed by atoms with Crippen molar-refractivity contribution in [2.45, 2.75) is 13.0 Å². The second-order valence-electron chi connectivity index (χ2n) is 3.07. The molecule has 1 rings (SSSR count). The lowest BCUT2D eigenvalue weighted by Crippen LogP contribution is -2.55. The van der Waals surface area contributed by atoms with Crippen LogP contribution in [0, 0.1) is 0 Å². The van der Waals surface area contributed by atoms with Crippen molar-refractivity contribution >= 4 is 11.8 Å². The van der Waals surface area contributed by atoms with Crippen molar-refractivity contribution in [3.8, 4) is 0 Å². The van der Waals surface area contributed by atoms with Gasteiger partial charge in [-0.3, -0.25) is 9.59 Å². The van der Waals surface area contributed by atoms with Crippen LogP contribution in [0.2, 0.25) is 0 Å². The molecule has 7 heteroatoms. The number of rotatable bonds is 3. The van der Waals surface area contributed by atoms with Gasteiger partial charge in [0.25, 0.3) is 0 Å². The Hall–Kier alpha value is -1.75. The van der Waals surface area contributed by atoms with Crippen LogP contribution in [0.5, 0.6) is 0 Å². The van der Waals surface area contributed by atoms with Crippen LogP contribution >= 0.6 is 0 Å². The Labute approximate surface area is 80.7 Å². The summed E-state index contributed by atoms with van der Waals surface area (Å²) in [7, 11) is 0. The van der Waals surface area contributed by atoms with Crippen LogP contribution in [0.15, 0.2) is 5.11 Å². The van der Waals surface area contributed by atoms with Crippen LogP contribution in [0.3, 0.4) is 0 Å². The van der Waals surface area contributed by atoms with E-state index in [1.165, 1.54) is 11.8 Å². The number of hydrogen-bond donors (Lipinski definition) is 1. The van der Waals surface area contributed by atoms with E-state index < -0.39 is 0 Å². The second kappa shape index (κ2) is 4.48. The van der Waals surface area contributed by atoms with E-state index in [9.17, 15) is 9.59 Å². The SMILES string of the molecule is CC(=O)NCC(=O)N1CC(N=[N+]=[N-])C1. The molecule has 0 bridgehead atoms. The molecule has 1 aliphatic heterocycles. The number of hydrogen-bond acceptors (Lipinski definition) is 3. The average molecular weight is 197 g/mol. The van der Waals surface area contributed by atoms with E-state index >= 15 is 0 Å². The maximum Gasteiger partial charge on any atom is 0.241 e. The molecule has 1 saturated heterocycles. The molecule has 0 aliphatic carbocycles. The van der Waals surface area contributed by atoms with Gasteiger partial charge in [-0.25, -0.2) is 0 Å². The number of nitrogens with one attached hydrogen (secondary N) is 1. The minimum Gasteiger partial charge on any atom is -0.347 e. The summed E-state index contributed by atoms with van der Waals surface area (Å²) in [6, 6.07) is -0.110. The molecular weight excluding hydrogens is 186 g/mol. The molecule has 1 fully saturated rings. The first kappa shape index (κ1) is 10.3. The normalized spacial score (nSPS) is 15.4. The van der Waals surface area contributed by atoms with Crippen LogP contribution in [0.4, 0.5) is 0 Å². The molecular formula is C7H11N5O2. The average Bonchev–Trinajstić information content (AvgIpc) is 2.06. The number of carbonyl (C=O) groups is 2. The summed E-state index contributed by atoms with van der Waals surface area (Å²) in [5.74, 6) is -0.380. The lowest BCUT2D eigenvalue weighted by atomic mass is 10.1. The third-order valence-corrected chi connectivity index (χ3v) is 1.92. The molecule has 0 aromatic heterocycles. The molecule has 76 valence electrons. The third kappa shape index (κ3) is 2.63. The van der Waals surface area contributed by atoms with E-state index in [2.05, 4.69) is 15.3 Å². The monoisotopic (exact) mass is 197 g/mol. The summed E-state index contributed by atoms with van der Waals surface area (Å²) >= 11 is 0. The highest BCUT2D eigenvalue weighted by Crippen LogP contribution is 2.11. The molecule has 1 N–H and O–H groups in total. The molecule has 7 nitrogen and oxygen atoms in total. The maximum atomic E-state index is 11.3. The van der Waals surface area contributed by atoms with Gasteiger partial charge in [0.05, 0.1) is 12.6 Å². The highest BCUT2D eigenvalue weighted by Gasteiger charge is 2.29. The second-order valence-corrected chi connectivity index (χ2v) is 3.07. The number of azide groups is 1. The van der Waals surface area contributed by atoms with Crippen molar-refractivity contribution in [1.29, 1.82) is 0 Å². The topological polar surface area (TPSA) is 98.2 Å². The van der Waals surface area contributed by atoms with E-state index in [-0.39, 0.29) is 24.4 Å². The largest absolute Gasteiger partial charge is 0.347 e. The number of carbonyl (C=O) groups excluding carboxylic acids is 2. The fourth-order valence-electron chi connectivity index (χ4n) is 1.12. The minimum absolute atomic E-state index is 0.0122. The van der Waals surface area contributed by atoms with Crippen molar-refractivity contribution in [3.63, 3.8) is 0 Å². The van der Waals surface area contributed by atoms with Gasteiger partial charge in [0.1, 0.15) is 0 Å². The number of nitrogens with zero attached hydrogens (tertiary/aromatic N) is 4. The molecule has 0 aromatic rings. The van der Waals surface area contributed by atoms with Gasteiger partial charge in [0.15, 0.2) is 0 Å². The van der Waals surface area contributed by atoms with Crippen LogP contribution in [0.25, 0.3) is 10.4 Å². The zero-order chi connectivity index (χ0) is 10.6.